The van der Waals surface area contributed by atoms with Crippen LogP contribution in [0.1, 0.15) is 70.9 Å². The van der Waals surface area contributed by atoms with Crippen LogP contribution in [0.25, 0.3) is 10.2 Å². The van der Waals surface area contributed by atoms with Crippen molar-refractivity contribution in [2.75, 3.05) is 18.6 Å². The highest BCUT2D eigenvalue weighted by Crippen LogP contribution is 2.41. The lowest BCUT2D eigenvalue weighted by Gasteiger charge is -2.37. The third kappa shape index (κ3) is 3.07. The number of piperidine rings is 1. The van der Waals surface area contributed by atoms with E-state index in [0.29, 0.717) is 10.7 Å². The van der Waals surface area contributed by atoms with E-state index < -0.39 is 0 Å². The molecule has 158 valence electrons. The number of esters is 1. The normalized spacial score (nSPS) is 19.2. The third-order valence-electron chi connectivity index (χ3n) is 6.21. The second kappa shape index (κ2) is 7.61. The number of nitrogens with zero attached hydrogens (tertiary/aromatic N) is 6. The minimum absolute atomic E-state index is 0.136. The first-order valence-electron chi connectivity index (χ1n) is 10.6. The first-order valence-corrected chi connectivity index (χ1v) is 11.4. The Morgan fingerprint density at radius 2 is 1.93 bits per heavy atom. The van der Waals surface area contributed by atoms with Crippen LogP contribution in [0.15, 0.2) is 0 Å². The lowest BCUT2D eigenvalue weighted by Crippen LogP contribution is -2.36. The SMILES string of the molecule is COC(=O)c1sc2nc(C)nc(N3CCCCC3c3nnc4n3CCCC4)c2c1C. The van der Waals surface area contributed by atoms with Crippen molar-refractivity contribution in [2.24, 2.45) is 0 Å². The molecule has 5 heterocycles. The quantitative estimate of drug-likeness (QED) is 0.590. The second-order valence-corrected chi connectivity index (χ2v) is 9.11. The first-order chi connectivity index (χ1) is 14.6. The van der Waals surface area contributed by atoms with Crippen molar-refractivity contribution in [3.63, 3.8) is 0 Å². The summed E-state index contributed by atoms with van der Waals surface area (Å²) in [4.78, 5) is 25.6. The molecule has 0 aliphatic carbocycles. The highest BCUT2D eigenvalue weighted by Gasteiger charge is 2.33. The van der Waals surface area contributed by atoms with E-state index in [1.54, 1.807) is 0 Å². The maximum atomic E-state index is 12.3. The molecule has 1 unspecified atom stereocenters. The Bertz CT molecular complexity index is 1120. The fourth-order valence-electron chi connectivity index (χ4n) is 4.75. The van der Waals surface area contributed by atoms with Crippen LogP contribution in [0, 0.1) is 13.8 Å². The van der Waals surface area contributed by atoms with E-state index in [1.807, 2.05) is 13.8 Å². The van der Waals surface area contributed by atoms with Crippen LogP contribution in [-0.2, 0) is 17.7 Å². The predicted molar refractivity (Wildman–Crippen MR) is 115 cm³/mol. The summed E-state index contributed by atoms with van der Waals surface area (Å²) in [6.07, 6.45) is 6.65. The summed E-state index contributed by atoms with van der Waals surface area (Å²) in [5.74, 6) is 3.45. The number of carbonyl (C=O) groups excluding carboxylic acids is 1. The van der Waals surface area contributed by atoms with Gasteiger partial charge in [0.2, 0.25) is 0 Å². The van der Waals surface area contributed by atoms with E-state index >= 15 is 0 Å². The Morgan fingerprint density at radius 1 is 1.10 bits per heavy atom. The van der Waals surface area contributed by atoms with Crippen molar-refractivity contribution in [2.45, 2.75) is 65.0 Å². The number of rotatable bonds is 3. The molecule has 9 heteroatoms. The third-order valence-corrected chi connectivity index (χ3v) is 7.38. The maximum absolute atomic E-state index is 12.3. The van der Waals surface area contributed by atoms with E-state index in [2.05, 4.69) is 24.6 Å². The Balaban J connectivity index is 1.65. The van der Waals surface area contributed by atoms with Gasteiger partial charge in [0, 0.05) is 19.5 Å². The van der Waals surface area contributed by atoms with Gasteiger partial charge in [0.15, 0.2) is 5.82 Å². The smallest absolute Gasteiger partial charge is 0.348 e. The van der Waals surface area contributed by atoms with Gasteiger partial charge in [-0.05, 0) is 51.5 Å². The van der Waals surface area contributed by atoms with Crippen molar-refractivity contribution in [1.29, 1.82) is 0 Å². The van der Waals surface area contributed by atoms with Gasteiger partial charge in [-0.15, -0.1) is 21.5 Å². The molecule has 1 saturated heterocycles. The predicted octanol–water partition coefficient (Wildman–Crippen LogP) is 3.75. The largest absolute Gasteiger partial charge is 0.465 e. The van der Waals surface area contributed by atoms with Gasteiger partial charge in [-0.25, -0.2) is 14.8 Å². The number of aryl methyl sites for hydroxylation is 3. The van der Waals surface area contributed by atoms with Crippen molar-refractivity contribution >= 4 is 33.3 Å². The van der Waals surface area contributed by atoms with Crippen LogP contribution < -0.4 is 4.90 Å². The van der Waals surface area contributed by atoms with Crippen LogP contribution in [0.3, 0.4) is 0 Å². The molecular formula is C21H26N6O2S. The molecule has 0 amide bonds. The van der Waals surface area contributed by atoms with Crippen LogP contribution in [-0.4, -0.2) is 44.4 Å². The molecular weight excluding hydrogens is 400 g/mol. The average molecular weight is 427 g/mol. The highest BCUT2D eigenvalue weighted by molar-refractivity contribution is 7.20. The fraction of sp³-hybridized carbons (Fsp3) is 0.571. The summed E-state index contributed by atoms with van der Waals surface area (Å²) >= 11 is 1.38. The van der Waals surface area contributed by atoms with E-state index in [-0.39, 0.29) is 12.0 Å². The summed E-state index contributed by atoms with van der Waals surface area (Å²) < 4.78 is 7.31. The zero-order valence-electron chi connectivity index (χ0n) is 17.6. The molecule has 8 nitrogen and oxygen atoms in total. The first kappa shape index (κ1) is 19.4. The molecule has 0 aromatic carbocycles. The van der Waals surface area contributed by atoms with Gasteiger partial charge in [-0.1, -0.05) is 0 Å². The molecule has 0 N–H and O–H groups in total. The molecule has 30 heavy (non-hydrogen) atoms. The Hall–Kier alpha value is -2.55. The zero-order chi connectivity index (χ0) is 20.8. The van der Waals surface area contributed by atoms with Crippen LogP contribution in [0.5, 0.6) is 0 Å². The molecule has 0 radical (unpaired) electrons. The number of thiophene rings is 1. The number of methoxy groups -OCH3 is 1. The van der Waals surface area contributed by atoms with Crippen molar-refractivity contribution in [1.82, 2.24) is 24.7 Å². The standard InChI is InChI=1S/C21H26N6O2S/c1-12-16-19(22-13(2)23-20(16)30-17(12)21(28)29-3)26-10-6-4-8-14(26)18-25-24-15-9-5-7-11-27(15)18/h14H,4-11H2,1-3H3. The maximum Gasteiger partial charge on any atom is 0.348 e. The molecule has 5 rings (SSSR count). The Morgan fingerprint density at radius 3 is 2.77 bits per heavy atom. The highest BCUT2D eigenvalue weighted by atomic mass is 32.1. The number of anilines is 1. The molecule has 0 saturated carbocycles. The van der Waals surface area contributed by atoms with E-state index in [4.69, 9.17) is 9.72 Å². The lowest BCUT2D eigenvalue weighted by atomic mass is 10.00. The van der Waals surface area contributed by atoms with E-state index in [9.17, 15) is 4.79 Å². The summed E-state index contributed by atoms with van der Waals surface area (Å²) in [6.45, 7) is 5.77. The van der Waals surface area contributed by atoms with Crippen molar-refractivity contribution in [3.8, 4) is 0 Å². The van der Waals surface area contributed by atoms with Gasteiger partial charge in [0.05, 0.1) is 18.5 Å². The molecule has 0 spiro atoms. The average Bonchev–Trinajstić information content (AvgIpc) is 3.34. The molecule has 3 aromatic rings. The van der Waals surface area contributed by atoms with Crippen molar-refractivity contribution in [3.05, 3.63) is 27.9 Å². The number of fused-ring (bicyclic) bond motifs is 2. The van der Waals surface area contributed by atoms with Crippen LogP contribution in [0.4, 0.5) is 5.82 Å². The number of aromatic nitrogens is 5. The van der Waals surface area contributed by atoms with E-state index in [0.717, 1.165) is 72.0 Å². The minimum Gasteiger partial charge on any atom is -0.465 e. The molecule has 0 bridgehead atoms. The van der Waals surface area contributed by atoms with Crippen LogP contribution in [0.2, 0.25) is 0 Å². The summed E-state index contributed by atoms with van der Waals surface area (Å²) in [5.41, 5.74) is 0.893. The molecule has 1 atom stereocenters. The number of hydrogen-bond acceptors (Lipinski definition) is 8. The molecule has 2 aliphatic heterocycles. The summed E-state index contributed by atoms with van der Waals surface area (Å²) in [5, 5.41) is 10.1. The number of carbonyl (C=O) groups is 1. The fourth-order valence-corrected chi connectivity index (χ4v) is 5.89. The van der Waals surface area contributed by atoms with Gasteiger partial charge in [-0.2, -0.15) is 0 Å². The second-order valence-electron chi connectivity index (χ2n) is 8.11. The Labute approximate surface area is 179 Å². The Kier molecular flexibility index (Phi) is 4.92. The number of hydrogen-bond donors (Lipinski definition) is 0. The van der Waals surface area contributed by atoms with Gasteiger partial charge in [-0.3, -0.25) is 0 Å². The zero-order valence-corrected chi connectivity index (χ0v) is 18.5. The minimum atomic E-state index is -0.319. The molecule has 1 fully saturated rings. The van der Waals surface area contributed by atoms with Gasteiger partial charge in [0.25, 0.3) is 0 Å². The summed E-state index contributed by atoms with van der Waals surface area (Å²) in [6, 6.07) is 0.136. The molecule has 3 aromatic heterocycles. The van der Waals surface area contributed by atoms with Gasteiger partial charge in [0.1, 0.15) is 27.2 Å². The monoisotopic (exact) mass is 426 g/mol. The lowest BCUT2D eigenvalue weighted by molar-refractivity contribution is 0.0605. The van der Waals surface area contributed by atoms with E-state index in [1.165, 1.54) is 31.3 Å². The van der Waals surface area contributed by atoms with Gasteiger partial charge < -0.3 is 14.2 Å². The van der Waals surface area contributed by atoms with Gasteiger partial charge >= 0.3 is 5.97 Å². The van der Waals surface area contributed by atoms with Crippen LogP contribution >= 0.6 is 11.3 Å². The topological polar surface area (TPSA) is 86.0 Å². The number of ether oxygens (including phenoxy) is 1. The molecule has 2 aliphatic rings. The van der Waals surface area contributed by atoms with Crippen molar-refractivity contribution < 1.29 is 9.53 Å². The summed E-state index contributed by atoms with van der Waals surface area (Å²) in [7, 11) is 1.42.